The first-order valence-corrected chi connectivity index (χ1v) is 7.97. The molecular formula is C16H34N2O. The number of nitrogens with zero attached hydrogens (tertiary/aromatic N) is 1. The number of β-amino-alcohol motifs (C(OH)–C–C–N with tert-alkyl or cyclic N) is 1. The van der Waals surface area contributed by atoms with Crippen LogP contribution in [0.3, 0.4) is 0 Å². The van der Waals surface area contributed by atoms with E-state index in [0.717, 1.165) is 39.1 Å². The molecule has 3 nitrogen and oxygen atoms in total. The average molecular weight is 270 g/mol. The minimum atomic E-state index is -0.140. The molecule has 0 spiro atoms. The summed E-state index contributed by atoms with van der Waals surface area (Å²) in [5.74, 6) is 1.17. The Morgan fingerprint density at radius 3 is 2.63 bits per heavy atom. The lowest BCUT2D eigenvalue weighted by atomic mass is 9.85. The summed E-state index contributed by atoms with van der Waals surface area (Å²) >= 11 is 0. The Hall–Kier alpha value is -0.120. The van der Waals surface area contributed by atoms with Crippen molar-refractivity contribution in [1.82, 2.24) is 10.2 Å². The van der Waals surface area contributed by atoms with Gasteiger partial charge in [0.2, 0.25) is 0 Å². The average Bonchev–Trinajstić information content (AvgIpc) is 2.33. The summed E-state index contributed by atoms with van der Waals surface area (Å²) in [6, 6.07) is 0. The summed E-state index contributed by atoms with van der Waals surface area (Å²) in [7, 11) is 0. The number of nitrogens with one attached hydrogen (secondary N) is 1. The summed E-state index contributed by atoms with van der Waals surface area (Å²) in [6.45, 7) is 16.5. The Morgan fingerprint density at radius 2 is 2.11 bits per heavy atom. The molecule has 0 aromatic carbocycles. The summed E-state index contributed by atoms with van der Waals surface area (Å²) in [5.41, 5.74) is 0.315. The Bertz CT molecular complexity index is 257. The van der Waals surface area contributed by atoms with Crippen molar-refractivity contribution in [3.63, 3.8) is 0 Å². The second kappa shape index (κ2) is 7.61. The highest BCUT2D eigenvalue weighted by Crippen LogP contribution is 2.25. The monoisotopic (exact) mass is 270 g/mol. The zero-order valence-corrected chi connectivity index (χ0v) is 13.6. The van der Waals surface area contributed by atoms with Crippen LogP contribution in [0.2, 0.25) is 0 Å². The molecule has 0 radical (unpaired) electrons. The van der Waals surface area contributed by atoms with Crippen molar-refractivity contribution < 1.29 is 5.11 Å². The number of rotatable bonds is 7. The van der Waals surface area contributed by atoms with E-state index in [1.165, 1.54) is 6.42 Å². The maximum absolute atomic E-state index is 10.0. The number of aliphatic hydroxyl groups excluding tert-OH is 1. The molecule has 1 rings (SSSR count). The number of hydrogen-bond acceptors (Lipinski definition) is 3. The highest BCUT2D eigenvalue weighted by molar-refractivity contribution is 4.84. The molecule has 1 aliphatic heterocycles. The van der Waals surface area contributed by atoms with Gasteiger partial charge in [0.05, 0.1) is 6.10 Å². The van der Waals surface area contributed by atoms with E-state index in [1.807, 2.05) is 0 Å². The second-order valence-corrected chi connectivity index (χ2v) is 7.26. The van der Waals surface area contributed by atoms with E-state index in [4.69, 9.17) is 0 Å². The maximum atomic E-state index is 10.0. The molecule has 1 aliphatic rings. The molecule has 0 saturated carbocycles. The maximum Gasteiger partial charge on any atom is 0.0693 e. The van der Waals surface area contributed by atoms with Gasteiger partial charge in [-0.25, -0.2) is 0 Å². The normalized spacial score (nSPS) is 28.6. The van der Waals surface area contributed by atoms with Crippen molar-refractivity contribution in [1.29, 1.82) is 0 Å². The van der Waals surface area contributed by atoms with Gasteiger partial charge < -0.3 is 15.3 Å². The van der Waals surface area contributed by atoms with Crippen molar-refractivity contribution in [3.05, 3.63) is 0 Å². The van der Waals surface area contributed by atoms with E-state index < -0.39 is 0 Å². The largest absolute Gasteiger partial charge is 0.392 e. The number of hydrogen-bond donors (Lipinski definition) is 2. The first kappa shape index (κ1) is 16.9. The van der Waals surface area contributed by atoms with Crippen LogP contribution < -0.4 is 5.32 Å². The third kappa shape index (κ3) is 5.80. The van der Waals surface area contributed by atoms with Gasteiger partial charge in [-0.05, 0) is 43.2 Å². The van der Waals surface area contributed by atoms with Gasteiger partial charge in [-0.1, -0.05) is 34.6 Å². The van der Waals surface area contributed by atoms with Crippen LogP contribution in [-0.4, -0.2) is 48.8 Å². The lowest BCUT2D eigenvalue weighted by molar-refractivity contribution is 0.0114. The molecule has 2 N–H and O–H groups in total. The van der Waals surface area contributed by atoms with Crippen LogP contribution in [0.5, 0.6) is 0 Å². The van der Waals surface area contributed by atoms with Crippen molar-refractivity contribution >= 4 is 0 Å². The zero-order valence-electron chi connectivity index (χ0n) is 13.6. The van der Waals surface area contributed by atoms with E-state index in [2.05, 4.69) is 44.8 Å². The SMILES string of the molecule is CCC(C)(CNCC(C)C)CN1CCC(C)C(O)C1. The lowest BCUT2D eigenvalue weighted by Crippen LogP contribution is -2.49. The number of likely N-dealkylation sites (tertiary alicyclic amines) is 1. The fourth-order valence-electron chi connectivity index (χ4n) is 2.75. The van der Waals surface area contributed by atoms with E-state index in [1.54, 1.807) is 0 Å². The van der Waals surface area contributed by atoms with Gasteiger partial charge >= 0.3 is 0 Å². The highest BCUT2D eigenvalue weighted by atomic mass is 16.3. The van der Waals surface area contributed by atoms with Crippen LogP contribution in [0.25, 0.3) is 0 Å². The first-order chi connectivity index (χ1) is 8.86. The van der Waals surface area contributed by atoms with Crippen molar-refractivity contribution in [3.8, 4) is 0 Å². The van der Waals surface area contributed by atoms with Gasteiger partial charge in [-0.15, -0.1) is 0 Å². The Kier molecular flexibility index (Phi) is 6.78. The molecule has 3 unspecified atom stereocenters. The third-order valence-corrected chi connectivity index (χ3v) is 4.57. The Balaban J connectivity index is 2.41. The van der Waals surface area contributed by atoms with E-state index in [-0.39, 0.29) is 6.10 Å². The molecule has 19 heavy (non-hydrogen) atoms. The zero-order chi connectivity index (χ0) is 14.5. The summed E-state index contributed by atoms with van der Waals surface area (Å²) in [5, 5.41) is 13.6. The van der Waals surface area contributed by atoms with Crippen LogP contribution in [0.4, 0.5) is 0 Å². The Morgan fingerprint density at radius 1 is 1.42 bits per heavy atom. The van der Waals surface area contributed by atoms with Crippen LogP contribution >= 0.6 is 0 Å². The fourth-order valence-corrected chi connectivity index (χ4v) is 2.75. The van der Waals surface area contributed by atoms with Gasteiger partial charge in [0.1, 0.15) is 0 Å². The van der Waals surface area contributed by atoms with Crippen LogP contribution in [-0.2, 0) is 0 Å². The molecule has 3 atom stereocenters. The minimum Gasteiger partial charge on any atom is -0.392 e. The summed E-state index contributed by atoms with van der Waals surface area (Å²) in [6.07, 6.45) is 2.17. The molecule has 114 valence electrons. The van der Waals surface area contributed by atoms with Crippen molar-refractivity contribution in [2.45, 2.75) is 53.6 Å². The number of aliphatic hydroxyl groups is 1. The molecule has 0 bridgehead atoms. The summed E-state index contributed by atoms with van der Waals surface area (Å²) in [4.78, 5) is 2.45. The molecule has 0 amide bonds. The number of piperidine rings is 1. The van der Waals surface area contributed by atoms with Gasteiger partial charge in [0, 0.05) is 19.6 Å². The second-order valence-electron chi connectivity index (χ2n) is 7.26. The summed E-state index contributed by atoms with van der Waals surface area (Å²) < 4.78 is 0. The third-order valence-electron chi connectivity index (χ3n) is 4.57. The lowest BCUT2D eigenvalue weighted by Gasteiger charge is -2.40. The topological polar surface area (TPSA) is 35.5 Å². The molecule has 1 saturated heterocycles. The first-order valence-electron chi connectivity index (χ1n) is 7.97. The molecule has 3 heteroatoms. The predicted molar refractivity (Wildman–Crippen MR) is 82.3 cm³/mol. The minimum absolute atomic E-state index is 0.140. The van der Waals surface area contributed by atoms with Crippen LogP contribution in [0.15, 0.2) is 0 Å². The van der Waals surface area contributed by atoms with Crippen LogP contribution in [0.1, 0.15) is 47.5 Å². The van der Waals surface area contributed by atoms with Gasteiger partial charge in [-0.3, -0.25) is 0 Å². The van der Waals surface area contributed by atoms with Gasteiger partial charge in [-0.2, -0.15) is 0 Å². The Labute approximate surface area is 119 Å². The van der Waals surface area contributed by atoms with Crippen molar-refractivity contribution in [2.24, 2.45) is 17.3 Å². The van der Waals surface area contributed by atoms with Gasteiger partial charge in [0.25, 0.3) is 0 Å². The standard InChI is InChI=1S/C16H34N2O/c1-6-16(5,11-17-9-13(2)3)12-18-8-7-14(4)15(19)10-18/h13-15,17,19H,6-12H2,1-5H3. The van der Waals surface area contributed by atoms with E-state index in [9.17, 15) is 5.11 Å². The smallest absolute Gasteiger partial charge is 0.0693 e. The molecule has 0 aromatic rings. The van der Waals surface area contributed by atoms with Crippen molar-refractivity contribution in [2.75, 3.05) is 32.7 Å². The molecular weight excluding hydrogens is 236 g/mol. The van der Waals surface area contributed by atoms with E-state index in [0.29, 0.717) is 17.3 Å². The van der Waals surface area contributed by atoms with Crippen LogP contribution in [0, 0.1) is 17.3 Å². The highest BCUT2D eigenvalue weighted by Gasteiger charge is 2.30. The van der Waals surface area contributed by atoms with Gasteiger partial charge in [0.15, 0.2) is 0 Å². The quantitative estimate of drug-likeness (QED) is 0.745. The predicted octanol–water partition coefficient (Wildman–Crippen LogP) is 2.35. The fraction of sp³-hybridized carbons (Fsp3) is 1.00. The van der Waals surface area contributed by atoms with E-state index >= 15 is 0 Å². The molecule has 1 heterocycles. The molecule has 0 aromatic heterocycles. The molecule has 1 fully saturated rings. The molecule has 0 aliphatic carbocycles.